The van der Waals surface area contributed by atoms with Gasteiger partial charge in [0.15, 0.2) is 0 Å². The number of rotatable bonds is 3. The third kappa shape index (κ3) is 3.87. The minimum Gasteiger partial charge on any atom is -0.364 e. The number of likely N-dealkylation sites (N-methyl/N-ethyl adjacent to an activating group) is 1. The van der Waals surface area contributed by atoms with Crippen molar-refractivity contribution in [3.63, 3.8) is 0 Å². The smallest absolute Gasteiger partial charge is 0.292 e. The van der Waals surface area contributed by atoms with Gasteiger partial charge in [0, 0.05) is 51.4 Å². The Labute approximate surface area is 144 Å². The van der Waals surface area contributed by atoms with E-state index in [2.05, 4.69) is 21.7 Å². The van der Waals surface area contributed by atoms with Crippen molar-refractivity contribution in [2.45, 2.75) is 32.2 Å². The van der Waals surface area contributed by atoms with E-state index in [1.165, 1.54) is 12.8 Å². The summed E-state index contributed by atoms with van der Waals surface area (Å²) in [6.07, 6.45) is 3.50. The molecule has 0 bridgehead atoms. The number of nitro benzene ring substituents is 1. The van der Waals surface area contributed by atoms with Crippen LogP contribution in [0.1, 0.15) is 24.8 Å². The maximum atomic E-state index is 11.5. The summed E-state index contributed by atoms with van der Waals surface area (Å²) in [7, 11) is 2.17. The highest BCUT2D eigenvalue weighted by molar-refractivity contribution is 5.64. The van der Waals surface area contributed by atoms with Gasteiger partial charge in [0.2, 0.25) is 0 Å². The number of piperazine rings is 1. The van der Waals surface area contributed by atoms with Gasteiger partial charge in [-0.15, -0.1) is 0 Å². The maximum Gasteiger partial charge on any atom is 0.292 e. The molecular weight excluding hydrogens is 304 g/mol. The van der Waals surface area contributed by atoms with E-state index in [-0.39, 0.29) is 10.6 Å². The SMILES string of the molecule is Cc1ccc(N2CCCCC(N3CCN(C)CC3)C2)c([N+](=O)[O-])c1. The third-order valence-corrected chi connectivity index (χ3v) is 5.37. The van der Waals surface area contributed by atoms with Gasteiger partial charge in [-0.25, -0.2) is 0 Å². The molecule has 0 radical (unpaired) electrons. The Kier molecular flexibility index (Phi) is 5.36. The zero-order valence-electron chi connectivity index (χ0n) is 14.8. The van der Waals surface area contributed by atoms with Crippen molar-refractivity contribution in [1.82, 2.24) is 9.80 Å². The summed E-state index contributed by atoms with van der Waals surface area (Å²) < 4.78 is 0. The molecule has 1 aromatic carbocycles. The van der Waals surface area contributed by atoms with Crippen LogP contribution in [0.5, 0.6) is 0 Å². The number of anilines is 1. The van der Waals surface area contributed by atoms with Crippen LogP contribution in [0.4, 0.5) is 11.4 Å². The summed E-state index contributed by atoms with van der Waals surface area (Å²) in [5.41, 5.74) is 1.97. The molecule has 132 valence electrons. The fourth-order valence-electron chi connectivity index (χ4n) is 3.87. The number of aryl methyl sites for hydroxylation is 1. The molecule has 6 nitrogen and oxygen atoms in total. The minimum absolute atomic E-state index is 0.238. The van der Waals surface area contributed by atoms with Crippen molar-refractivity contribution in [3.8, 4) is 0 Å². The normalized spacial score (nSPS) is 23.9. The van der Waals surface area contributed by atoms with Crippen molar-refractivity contribution >= 4 is 11.4 Å². The Balaban J connectivity index is 1.79. The van der Waals surface area contributed by atoms with Crippen LogP contribution in [-0.2, 0) is 0 Å². The molecule has 0 aromatic heterocycles. The fourth-order valence-corrected chi connectivity index (χ4v) is 3.87. The van der Waals surface area contributed by atoms with Crippen molar-refractivity contribution < 1.29 is 4.92 Å². The van der Waals surface area contributed by atoms with Gasteiger partial charge in [0.25, 0.3) is 5.69 Å². The van der Waals surface area contributed by atoms with Gasteiger partial charge in [-0.2, -0.15) is 0 Å². The molecule has 2 saturated heterocycles. The van der Waals surface area contributed by atoms with Gasteiger partial charge in [0.1, 0.15) is 5.69 Å². The van der Waals surface area contributed by atoms with Crippen LogP contribution in [0.25, 0.3) is 0 Å². The first-order valence-corrected chi connectivity index (χ1v) is 8.97. The summed E-state index contributed by atoms with van der Waals surface area (Å²) in [5.74, 6) is 0. The van der Waals surface area contributed by atoms with Crippen LogP contribution in [0.3, 0.4) is 0 Å². The molecule has 0 spiro atoms. The quantitative estimate of drug-likeness (QED) is 0.629. The molecule has 2 aliphatic rings. The van der Waals surface area contributed by atoms with Gasteiger partial charge in [-0.3, -0.25) is 15.0 Å². The van der Waals surface area contributed by atoms with Crippen molar-refractivity contribution in [2.75, 3.05) is 51.2 Å². The molecule has 1 atom stereocenters. The Bertz CT molecular complexity index is 584. The van der Waals surface area contributed by atoms with Crippen LogP contribution in [0.2, 0.25) is 0 Å². The molecular formula is C18H28N4O2. The standard InChI is InChI=1S/C18H28N4O2/c1-15-6-7-17(18(13-15)22(23)24)21-8-4-3-5-16(14-21)20-11-9-19(2)10-12-20/h6-7,13,16H,3-5,8-12,14H2,1-2H3. The monoisotopic (exact) mass is 332 g/mol. The molecule has 0 N–H and O–H groups in total. The second-order valence-electron chi connectivity index (χ2n) is 7.18. The highest BCUT2D eigenvalue weighted by Gasteiger charge is 2.28. The van der Waals surface area contributed by atoms with Crippen molar-refractivity contribution in [1.29, 1.82) is 0 Å². The highest BCUT2D eigenvalue weighted by atomic mass is 16.6. The second kappa shape index (κ2) is 7.49. The van der Waals surface area contributed by atoms with Gasteiger partial charge in [-0.05, 0) is 38.4 Å². The molecule has 1 unspecified atom stereocenters. The van der Waals surface area contributed by atoms with E-state index in [9.17, 15) is 10.1 Å². The van der Waals surface area contributed by atoms with Crippen LogP contribution >= 0.6 is 0 Å². The molecule has 6 heteroatoms. The zero-order valence-corrected chi connectivity index (χ0v) is 14.8. The lowest BCUT2D eigenvalue weighted by molar-refractivity contribution is -0.384. The third-order valence-electron chi connectivity index (χ3n) is 5.37. The molecule has 2 aliphatic heterocycles. The first-order valence-electron chi connectivity index (χ1n) is 8.97. The van der Waals surface area contributed by atoms with E-state index >= 15 is 0 Å². The lowest BCUT2D eigenvalue weighted by Crippen LogP contribution is -2.52. The lowest BCUT2D eigenvalue weighted by atomic mass is 10.1. The Morgan fingerprint density at radius 1 is 1.12 bits per heavy atom. The van der Waals surface area contributed by atoms with E-state index in [1.807, 2.05) is 19.1 Å². The number of nitro groups is 1. The van der Waals surface area contributed by atoms with E-state index in [0.29, 0.717) is 6.04 Å². The second-order valence-corrected chi connectivity index (χ2v) is 7.18. The molecule has 0 aliphatic carbocycles. The zero-order chi connectivity index (χ0) is 17.1. The summed E-state index contributed by atoms with van der Waals surface area (Å²) in [5, 5.41) is 11.5. The van der Waals surface area contributed by atoms with Crippen molar-refractivity contribution in [3.05, 3.63) is 33.9 Å². The molecule has 2 heterocycles. The highest BCUT2D eigenvalue weighted by Crippen LogP contribution is 2.31. The summed E-state index contributed by atoms with van der Waals surface area (Å²) in [6.45, 7) is 8.15. The number of hydrogen-bond donors (Lipinski definition) is 0. The molecule has 1 aromatic rings. The number of hydrogen-bond acceptors (Lipinski definition) is 5. The van der Waals surface area contributed by atoms with Crippen LogP contribution < -0.4 is 4.90 Å². The van der Waals surface area contributed by atoms with Gasteiger partial charge >= 0.3 is 0 Å². The number of benzene rings is 1. The molecule has 0 amide bonds. The minimum atomic E-state index is -0.238. The van der Waals surface area contributed by atoms with E-state index in [1.54, 1.807) is 6.07 Å². The van der Waals surface area contributed by atoms with Crippen LogP contribution in [-0.4, -0.2) is 67.1 Å². The molecule has 3 rings (SSSR count). The maximum absolute atomic E-state index is 11.5. The first kappa shape index (κ1) is 17.2. The van der Waals surface area contributed by atoms with Crippen LogP contribution in [0, 0.1) is 17.0 Å². The summed E-state index contributed by atoms with van der Waals surface area (Å²) in [4.78, 5) is 18.4. The van der Waals surface area contributed by atoms with Gasteiger partial charge in [-0.1, -0.05) is 12.5 Å². The molecule has 2 fully saturated rings. The largest absolute Gasteiger partial charge is 0.364 e. The van der Waals surface area contributed by atoms with Crippen LogP contribution in [0.15, 0.2) is 18.2 Å². The Morgan fingerprint density at radius 3 is 2.58 bits per heavy atom. The summed E-state index contributed by atoms with van der Waals surface area (Å²) >= 11 is 0. The van der Waals surface area contributed by atoms with Gasteiger partial charge < -0.3 is 9.80 Å². The van der Waals surface area contributed by atoms with Crippen molar-refractivity contribution in [2.24, 2.45) is 0 Å². The Morgan fingerprint density at radius 2 is 1.88 bits per heavy atom. The van der Waals surface area contributed by atoms with E-state index in [4.69, 9.17) is 0 Å². The predicted molar refractivity (Wildman–Crippen MR) is 96.8 cm³/mol. The average Bonchev–Trinajstić information content (AvgIpc) is 2.81. The topological polar surface area (TPSA) is 52.9 Å². The lowest BCUT2D eigenvalue weighted by Gasteiger charge is -2.39. The number of nitrogens with zero attached hydrogens (tertiary/aromatic N) is 4. The summed E-state index contributed by atoms with van der Waals surface area (Å²) in [6, 6.07) is 6.12. The fraction of sp³-hybridized carbons (Fsp3) is 0.667. The molecule has 24 heavy (non-hydrogen) atoms. The average molecular weight is 332 g/mol. The first-order chi connectivity index (χ1) is 11.5. The Hall–Kier alpha value is -1.66. The molecule has 0 saturated carbocycles. The predicted octanol–water partition coefficient (Wildman–Crippen LogP) is 2.51. The van der Waals surface area contributed by atoms with E-state index < -0.39 is 0 Å². The van der Waals surface area contributed by atoms with Gasteiger partial charge in [0.05, 0.1) is 4.92 Å². The van der Waals surface area contributed by atoms with E-state index in [0.717, 1.165) is 56.9 Å².